The summed E-state index contributed by atoms with van der Waals surface area (Å²) in [6.45, 7) is 2.97. The lowest BCUT2D eigenvalue weighted by molar-refractivity contribution is -0.135. The second kappa shape index (κ2) is 7.10. The largest absolute Gasteiger partial charge is 0.396 e. The van der Waals surface area contributed by atoms with Gasteiger partial charge in [-0.3, -0.25) is 4.79 Å². The number of aliphatic hydroxyl groups is 1. The molecule has 2 atom stereocenters. The van der Waals surface area contributed by atoms with Crippen LogP contribution in [0.3, 0.4) is 0 Å². The molecule has 1 amide bonds. The number of carbonyl (C=O) groups excluding carboxylic acids is 1. The van der Waals surface area contributed by atoms with E-state index in [1.165, 1.54) is 12.8 Å². The molecule has 4 heteroatoms. The van der Waals surface area contributed by atoms with Crippen molar-refractivity contribution in [3.8, 4) is 0 Å². The monoisotopic (exact) mass is 254 g/mol. The minimum absolute atomic E-state index is 0.0420. The molecular weight excluding hydrogens is 228 g/mol. The van der Waals surface area contributed by atoms with Crippen molar-refractivity contribution in [2.45, 2.75) is 51.0 Å². The number of nitrogens with zero attached hydrogens (tertiary/aromatic N) is 1. The van der Waals surface area contributed by atoms with Crippen molar-refractivity contribution in [3.05, 3.63) is 0 Å². The Morgan fingerprint density at radius 1 is 1.22 bits per heavy atom. The summed E-state index contributed by atoms with van der Waals surface area (Å²) in [5, 5.41) is 12.4. The molecule has 0 spiro atoms. The zero-order chi connectivity index (χ0) is 12.8. The number of aliphatic hydroxyl groups excluding tert-OH is 1. The first-order valence-corrected chi connectivity index (χ1v) is 7.44. The van der Waals surface area contributed by atoms with Gasteiger partial charge in [0, 0.05) is 19.7 Å². The maximum atomic E-state index is 12.5. The van der Waals surface area contributed by atoms with Crippen molar-refractivity contribution < 1.29 is 9.90 Å². The number of likely N-dealkylation sites (tertiary alicyclic amines) is 1. The van der Waals surface area contributed by atoms with Crippen LogP contribution < -0.4 is 5.32 Å². The number of rotatable bonds is 3. The van der Waals surface area contributed by atoms with E-state index in [2.05, 4.69) is 5.32 Å². The molecular formula is C14H26N2O2. The molecule has 0 saturated carbocycles. The zero-order valence-electron chi connectivity index (χ0n) is 11.2. The number of hydrogen-bond acceptors (Lipinski definition) is 3. The number of hydrogen-bond donors (Lipinski definition) is 2. The fraction of sp³-hybridized carbons (Fsp3) is 0.929. The Morgan fingerprint density at radius 3 is 2.94 bits per heavy atom. The molecule has 2 heterocycles. The van der Waals surface area contributed by atoms with E-state index >= 15 is 0 Å². The molecule has 0 aliphatic carbocycles. The molecule has 18 heavy (non-hydrogen) atoms. The topological polar surface area (TPSA) is 52.6 Å². The van der Waals surface area contributed by atoms with Gasteiger partial charge >= 0.3 is 0 Å². The summed E-state index contributed by atoms with van der Waals surface area (Å²) in [5.41, 5.74) is 0. The van der Waals surface area contributed by atoms with Crippen LogP contribution in [-0.4, -0.2) is 48.2 Å². The fourth-order valence-electron chi connectivity index (χ4n) is 3.14. The highest BCUT2D eigenvalue weighted by atomic mass is 16.3. The van der Waals surface area contributed by atoms with Crippen LogP contribution in [0.2, 0.25) is 0 Å². The molecule has 2 unspecified atom stereocenters. The van der Waals surface area contributed by atoms with Crippen LogP contribution in [-0.2, 0) is 4.79 Å². The van der Waals surface area contributed by atoms with Crippen LogP contribution in [0.25, 0.3) is 0 Å². The predicted molar refractivity (Wildman–Crippen MR) is 71.3 cm³/mol. The SMILES string of the molecule is O=C(C1CCCCCN1)N1CCCC(CCO)C1. The molecule has 2 aliphatic heterocycles. The summed E-state index contributed by atoms with van der Waals surface area (Å²) in [5.74, 6) is 0.790. The third-order valence-electron chi connectivity index (χ3n) is 4.23. The second-order valence-corrected chi connectivity index (χ2v) is 5.66. The highest BCUT2D eigenvalue weighted by molar-refractivity contribution is 5.82. The lowest BCUT2D eigenvalue weighted by Gasteiger charge is -2.34. The maximum Gasteiger partial charge on any atom is 0.239 e. The van der Waals surface area contributed by atoms with E-state index in [1.54, 1.807) is 0 Å². The third-order valence-corrected chi connectivity index (χ3v) is 4.23. The van der Waals surface area contributed by atoms with Gasteiger partial charge in [0.15, 0.2) is 0 Å². The van der Waals surface area contributed by atoms with Gasteiger partial charge in [-0.1, -0.05) is 12.8 Å². The van der Waals surface area contributed by atoms with Crippen molar-refractivity contribution in [1.82, 2.24) is 10.2 Å². The molecule has 2 N–H and O–H groups in total. The highest BCUT2D eigenvalue weighted by Gasteiger charge is 2.28. The van der Waals surface area contributed by atoms with E-state index in [-0.39, 0.29) is 12.6 Å². The Morgan fingerprint density at radius 2 is 2.11 bits per heavy atom. The highest BCUT2D eigenvalue weighted by Crippen LogP contribution is 2.21. The van der Waals surface area contributed by atoms with Crippen LogP contribution in [0.15, 0.2) is 0 Å². The summed E-state index contributed by atoms with van der Waals surface area (Å²) in [6.07, 6.45) is 7.66. The number of piperidine rings is 1. The number of carbonyl (C=O) groups is 1. The first-order chi connectivity index (χ1) is 8.81. The van der Waals surface area contributed by atoms with Gasteiger partial charge < -0.3 is 15.3 Å². The van der Waals surface area contributed by atoms with E-state index in [9.17, 15) is 4.79 Å². The molecule has 0 aromatic rings. The molecule has 0 aromatic heterocycles. The molecule has 0 radical (unpaired) electrons. The Hall–Kier alpha value is -0.610. The summed E-state index contributed by atoms with van der Waals surface area (Å²) in [4.78, 5) is 14.5. The van der Waals surface area contributed by atoms with E-state index in [4.69, 9.17) is 5.11 Å². The summed E-state index contributed by atoms with van der Waals surface area (Å²) >= 11 is 0. The summed E-state index contributed by atoms with van der Waals surface area (Å²) in [6, 6.07) is 0.0420. The average Bonchev–Trinajstić information content (AvgIpc) is 2.67. The molecule has 2 rings (SSSR count). The normalized spacial score (nSPS) is 29.9. The van der Waals surface area contributed by atoms with Gasteiger partial charge in [0.05, 0.1) is 6.04 Å². The van der Waals surface area contributed by atoms with E-state index in [1.807, 2.05) is 4.90 Å². The first-order valence-electron chi connectivity index (χ1n) is 7.44. The Balaban J connectivity index is 1.86. The predicted octanol–water partition coefficient (Wildman–Crippen LogP) is 1.14. The lowest BCUT2D eigenvalue weighted by atomic mass is 9.94. The molecule has 2 aliphatic rings. The van der Waals surface area contributed by atoms with Gasteiger partial charge in [0.1, 0.15) is 0 Å². The Labute approximate surface area is 110 Å². The third kappa shape index (κ3) is 3.69. The van der Waals surface area contributed by atoms with Crippen LogP contribution in [0, 0.1) is 5.92 Å². The van der Waals surface area contributed by atoms with Crippen LogP contribution in [0.5, 0.6) is 0 Å². The van der Waals surface area contributed by atoms with Crippen LogP contribution >= 0.6 is 0 Å². The van der Waals surface area contributed by atoms with Crippen molar-refractivity contribution in [2.24, 2.45) is 5.92 Å². The minimum Gasteiger partial charge on any atom is -0.396 e. The standard InChI is InChI=1S/C14H26N2O2/c17-10-7-12-5-4-9-16(11-12)14(18)13-6-2-1-3-8-15-13/h12-13,15,17H,1-11H2. The van der Waals surface area contributed by atoms with Crippen molar-refractivity contribution in [3.63, 3.8) is 0 Å². The molecule has 0 aromatic carbocycles. The van der Waals surface area contributed by atoms with Gasteiger partial charge in [-0.25, -0.2) is 0 Å². The van der Waals surface area contributed by atoms with Crippen molar-refractivity contribution in [1.29, 1.82) is 0 Å². The smallest absolute Gasteiger partial charge is 0.239 e. The molecule has 2 saturated heterocycles. The van der Waals surface area contributed by atoms with Gasteiger partial charge in [-0.05, 0) is 44.6 Å². The Kier molecular flexibility index (Phi) is 5.45. The van der Waals surface area contributed by atoms with Crippen LogP contribution in [0.1, 0.15) is 44.9 Å². The van der Waals surface area contributed by atoms with E-state index in [0.717, 1.165) is 51.7 Å². The Bertz CT molecular complexity index is 261. The molecule has 104 valence electrons. The zero-order valence-corrected chi connectivity index (χ0v) is 11.2. The molecule has 2 fully saturated rings. The van der Waals surface area contributed by atoms with Gasteiger partial charge in [-0.15, -0.1) is 0 Å². The maximum absolute atomic E-state index is 12.5. The quantitative estimate of drug-likeness (QED) is 0.794. The van der Waals surface area contributed by atoms with Crippen molar-refractivity contribution in [2.75, 3.05) is 26.2 Å². The number of amides is 1. The average molecular weight is 254 g/mol. The van der Waals surface area contributed by atoms with Gasteiger partial charge in [0.25, 0.3) is 0 Å². The summed E-state index contributed by atoms with van der Waals surface area (Å²) in [7, 11) is 0. The van der Waals surface area contributed by atoms with Gasteiger partial charge in [-0.2, -0.15) is 0 Å². The van der Waals surface area contributed by atoms with Crippen molar-refractivity contribution >= 4 is 5.91 Å². The van der Waals surface area contributed by atoms with Crippen LogP contribution in [0.4, 0.5) is 0 Å². The molecule has 0 bridgehead atoms. The van der Waals surface area contributed by atoms with E-state index < -0.39 is 0 Å². The fourth-order valence-corrected chi connectivity index (χ4v) is 3.14. The van der Waals surface area contributed by atoms with E-state index in [0.29, 0.717) is 11.8 Å². The number of nitrogens with one attached hydrogen (secondary N) is 1. The lowest BCUT2D eigenvalue weighted by Crippen LogP contribution is -2.49. The summed E-state index contributed by atoms with van der Waals surface area (Å²) < 4.78 is 0. The van der Waals surface area contributed by atoms with Gasteiger partial charge in [0.2, 0.25) is 5.91 Å². The first kappa shape index (κ1) is 13.8. The minimum atomic E-state index is 0.0420. The molecule has 4 nitrogen and oxygen atoms in total. The second-order valence-electron chi connectivity index (χ2n) is 5.66.